The molecule has 3 rings (SSSR count). The Kier molecular flexibility index (Phi) is 6.23. The molecule has 1 aliphatic heterocycles. The second-order valence-electron chi connectivity index (χ2n) is 7.07. The maximum atomic E-state index is 12.4. The zero-order valence-electron chi connectivity index (χ0n) is 15.8. The minimum Gasteiger partial charge on any atom is -0.452 e. The van der Waals surface area contributed by atoms with E-state index >= 15 is 0 Å². The van der Waals surface area contributed by atoms with Crippen LogP contribution in [0.2, 0.25) is 0 Å². The van der Waals surface area contributed by atoms with Gasteiger partial charge in [0.2, 0.25) is 11.8 Å². The van der Waals surface area contributed by atoms with Crippen LogP contribution < -0.4 is 5.32 Å². The summed E-state index contributed by atoms with van der Waals surface area (Å²) in [6.07, 6.45) is 3.89. The molecule has 1 saturated heterocycles. The molecule has 28 heavy (non-hydrogen) atoms. The lowest BCUT2D eigenvalue weighted by Crippen LogP contribution is -2.37. The number of carbonyl (C=O) groups is 4. The molecule has 3 unspecified atom stereocenters. The van der Waals surface area contributed by atoms with Gasteiger partial charge in [0, 0.05) is 13.1 Å². The topological polar surface area (TPSA) is 92.8 Å². The van der Waals surface area contributed by atoms with Crippen molar-refractivity contribution < 1.29 is 23.9 Å². The lowest BCUT2D eigenvalue weighted by Gasteiger charge is -2.16. The molecule has 7 nitrogen and oxygen atoms in total. The normalized spacial score (nSPS) is 22.0. The summed E-state index contributed by atoms with van der Waals surface area (Å²) in [5.74, 6) is -2.08. The van der Waals surface area contributed by atoms with Gasteiger partial charge in [-0.1, -0.05) is 42.5 Å². The number of fused-ring (bicyclic) bond motifs is 1. The first kappa shape index (κ1) is 19.8. The molecule has 2 aliphatic rings. The molecule has 1 aromatic carbocycles. The van der Waals surface area contributed by atoms with E-state index in [9.17, 15) is 19.2 Å². The van der Waals surface area contributed by atoms with Crippen molar-refractivity contribution in [3.8, 4) is 0 Å². The fourth-order valence-electron chi connectivity index (χ4n) is 3.53. The predicted molar refractivity (Wildman–Crippen MR) is 101 cm³/mol. The minimum atomic E-state index is -0.951. The molecule has 0 saturated carbocycles. The largest absolute Gasteiger partial charge is 0.452 e. The van der Waals surface area contributed by atoms with Gasteiger partial charge in [0.1, 0.15) is 0 Å². The van der Waals surface area contributed by atoms with E-state index in [0.29, 0.717) is 19.4 Å². The van der Waals surface area contributed by atoms with Crippen LogP contribution in [0.1, 0.15) is 31.7 Å². The van der Waals surface area contributed by atoms with Crippen LogP contribution in [0.4, 0.5) is 0 Å². The van der Waals surface area contributed by atoms with Gasteiger partial charge in [-0.05, 0) is 25.3 Å². The monoisotopic (exact) mass is 384 g/mol. The Morgan fingerprint density at radius 3 is 2.32 bits per heavy atom. The fourth-order valence-corrected chi connectivity index (χ4v) is 3.53. The summed E-state index contributed by atoms with van der Waals surface area (Å²) >= 11 is 0. The summed E-state index contributed by atoms with van der Waals surface area (Å²) in [4.78, 5) is 50.0. The molecule has 0 spiro atoms. The summed E-state index contributed by atoms with van der Waals surface area (Å²) in [6.45, 7) is 1.82. The van der Waals surface area contributed by atoms with E-state index in [-0.39, 0.29) is 36.6 Å². The van der Waals surface area contributed by atoms with Gasteiger partial charge < -0.3 is 10.1 Å². The van der Waals surface area contributed by atoms with E-state index in [1.165, 1.54) is 6.92 Å². The molecule has 148 valence electrons. The number of hydrogen-bond acceptors (Lipinski definition) is 5. The zero-order chi connectivity index (χ0) is 20.1. The van der Waals surface area contributed by atoms with E-state index in [0.717, 1.165) is 10.5 Å². The average Bonchev–Trinajstić information content (AvgIpc) is 2.95. The molecule has 1 N–H and O–H groups in total. The number of carbonyl (C=O) groups excluding carboxylic acids is 4. The Hall–Kier alpha value is -2.96. The third-order valence-corrected chi connectivity index (χ3v) is 5.13. The highest BCUT2D eigenvalue weighted by molar-refractivity contribution is 6.05. The number of amides is 3. The van der Waals surface area contributed by atoms with E-state index < -0.39 is 18.0 Å². The Morgan fingerprint density at radius 2 is 1.71 bits per heavy atom. The van der Waals surface area contributed by atoms with Crippen molar-refractivity contribution in [1.82, 2.24) is 10.2 Å². The molecule has 3 amide bonds. The molecule has 0 bridgehead atoms. The van der Waals surface area contributed by atoms with Crippen molar-refractivity contribution in [2.45, 2.75) is 38.8 Å². The first-order valence-electron chi connectivity index (χ1n) is 9.48. The second-order valence-corrected chi connectivity index (χ2v) is 7.07. The van der Waals surface area contributed by atoms with Crippen LogP contribution in [0.25, 0.3) is 0 Å². The molecule has 0 radical (unpaired) electrons. The summed E-state index contributed by atoms with van der Waals surface area (Å²) in [7, 11) is 0. The van der Waals surface area contributed by atoms with E-state index in [1.54, 1.807) is 0 Å². The summed E-state index contributed by atoms with van der Waals surface area (Å²) in [6, 6.07) is 9.40. The van der Waals surface area contributed by atoms with E-state index in [2.05, 4.69) is 5.32 Å². The molecule has 0 aromatic heterocycles. The van der Waals surface area contributed by atoms with Crippen LogP contribution in [0.3, 0.4) is 0 Å². The Morgan fingerprint density at radius 1 is 1.11 bits per heavy atom. The fraction of sp³-hybridized carbons (Fsp3) is 0.429. The Bertz CT molecular complexity index is 763. The third kappa shape index (κ3) is 4.47. The van der Waals surface area contributed by atoms with E-state index in [1.807, 2.05) is 42.5 Å². The van der Waals surface area contributed by atoms with Crippen LogP contribution in [0.5, 0.6) is 0 Å². The summed E-state index contributed by atoms with van der Waals surface area (Å²) in [5, 5.41) is 2.71. The van der Waals surface area contributed by atoms with Gasteiger partial charge >= 0.3 is 5.97 Å². The minimum absolute atomic E-state index is 0.0120. The maximum Gasteiger partial charge on any atom is 0.308 e. The highest BCUT2D eigenvalue weighted by Crippen LogP contribution is 2.34. The molecule has 1 fully saturated rings. The van der Waals surface area contributed by atoms with Crippen molar-refractivity contribution in [2.75, 3.05) is 6.54 Å². The molecule has 1 aliphatic carbocycles. The van der Waals surface area contributed by atoms with Gasteiger partial charge in [-0.15, -0.1) is 0 Å². The highest BCUT2D eigenvalue weighted by Gasteiger charge is 2.47. The van der Waals surface area contributed by atoms with Crippen LogP contribution in [-0.2, 0) is 30.5 Å². The number of allylic oxidation sites excluding steroid dienone is 2. The first-order valence-corrected chi connectivity index (χ1v) is 9.48. The SMILES string of the molecule is CC(OC(=O)CCN1C(=O)C2CC=CCC2C1=O)C(=O)NCc1ccccc1. The Labute approximate surface area is 163 Å². The second kappa shape index (κ2) is 8.82. The van der Waals surface area contributed by atoms with E-state index in [4.69, 9.17) is 4.74 Å². The molecular weight excluding hydrogens is 360 g/mol. The number of rotatable bonds is 7. The lowest BCUT2D eigenvalue weighted by molar-refractivity contribution is -0.155. The van der Waals surface area contributed by atoms with Crippen molar-refractivity contribution in [1.29, 1.82) is 0 Å². The van der Waals surface area contributed by atoms with Gasteiger partial charge in [0.05, 0.1) is 18.3 Å². The average molecular weight is 384 g/mol. The molecule has 7 heteroatoms. The van der Waals surface area contributed by atoms with Gasteiger partial charge in [0.25, 0.3) is 5.91 Å². The van der Waals surface area contributed by atoms with Crippen molar-refractivity contribution in [3.05, 3.63) is 48.0 Å². The van der Waals surface area contributed by atoms with Gasteiger partial charge in [-0.3, -0.25) is 24.1 Å². The van der Waals surface area contributed by atoms with Crippen molar-refractivity contribution in [3.63, 3.8) is 0 Å². The van der Waals surface area contributed by atoms with Gasteiger partial charge in [-0.25, -0.2) is 0 Å². The first-order chi connectivity index (χ1) is 13.5. The highest BCUT2D eigenvalue weighted by atomic mass is 16.5. The summed E-state index contributed by atoms with van der Waals surface area (Å²) in [5.41, 5.74) is 0.941. The number of nitrogens with zero attached hydrogens (tertiary/aromatic N) is 1. The van der Waals surface area contributed by atoms with Crippen LogP contribution in [-0.4, -0.2) is 41.2 Å². The number of nitrogens with one attached hydrogen (secondary N) is 1. The predicted octanol–water partition coefficient (Wildman–Crippen LogP) is 1.58. The number of ether oxygens (including phenoxy) is 1. The maximum absolute atomic E-state index is 12.4. The zero-order valence-corrected chi connectivity index (χ0v) is 15.8. The molecular formula is C21H24N2O5. The molecule has 1 heterocycles. The van der Waals surface area contributed by atoms with Crippen LogP contribution >= 0.6 is 0 Å². The summed E-state index contributed by atoms with van der Waals surface area (Å²) < 4.78 is 5.14. The van der Waals surface area contributed by atoms with Crippen LogP contribution in [0.15, 0.2) is 42.5 Å². The number of esters is 1. The Balaban J connectivity index is 1.43. The molecule has 3 atom stereocenters. The standard InChI is InChI=1S/C21H24N2O5/c1-14(19(25)22-13-15-7-3-2-4-8-15)28-18(24)11-12-23-20(26)16-9-5-6-10-17(16)21(23)27/h2-8,14,16-17H,9-13H2,1H3,(H,22,25). The smallest absolute Gasteiger partial charge is 0.308 e. The van der Waals surface area contributed by atoms with Gasteiger partial charge in [-0.2, -0.15) is 0 Å². The number of imide groups is 1. The number of likely N-dealkylation sites (tertiary alicyclic amines) is 1. The lowest BCUT2D eigenvalue weighted by atomic mass is 9.85. The van der Waals surface area contributed by atoms with Gasteiger partial charge in [0.15, 0.2) is 6.10 Å². The third-order valence-electron chi connectivity index (χ3n) is 5.13. The van der Waals surface area contributed by atoms with Crippen LogP contribution in [0, 0.1) is 11.8 Å². The number of hydrogen-bond donors (Lipinski definition) is 1. The van der Waals surface area contributed by atoms with Crippen molar-refractivity contribution >= 4 is 23.7 Å². The number of benzene rings is 1. The van der Waals surface area contributed by atoms with Crippen molar-refractivity contribution in [2.24, 2.45) is 11.8 Å². The quantitative estimate of drug-likeness (QED) is 0.438. The molecule has 1 aromatic rings.